The molecule has 0 radical (unpaired) electrons. The quantitative estimate of drug-likeness (QED) is 0.921. The second-order valence-electron chi connectivity index (χ2n) is 4.93. The van der Waals surface area contributed by atoms with Gasteiger partial charge in [0.1, 0.15) is 5.75 Å². The standard InChI is InChI=1S/C16H19NO3S/c1-12-4-3-5-15(8-12)21(18,19)11-14-9-13(10-17)6-7-16(14)20-2/h3-9H,10-11,17H2,1-2H3. The second-order valence-corrected chi connectivity index (χ2v) is 6.92. The van der Waals surface area contributed by atoms with Gasteiger partial charge in [0.2, 0.25) is 0 Å². The molecular formula is C16H19NO3S. The Morgan fingerprint density at radius 1 is 1.14 bits per heavy atom. The van der Waals surface area contributed by atoms with E-state index in [4.69, 9.17) is 10.5 Å². The number of methoxy groups -OCH3 is 1. The molecule has 0 saturated carbocycles. The van der Waals surface area contributed by atoms with Gasteiger partial charge in [-0.15, -0.1) is 0 Å². The average Bonchev–Trinajstić information content (AvgIpc) is 2.46. The molecule has 2 aromatic rings. The fourth-order valence-electron chi connectivity index (χ4n) is 2.17. The van der Waals surface area contributed by atoms with Crippen molar-refractivity contribution in [3.05, 3.63) is 59.2 Å². The van der Waals surface area contributed by atoms with Crippen LogP contribution in [-0.4, -0.2) is 15.5 Å². The Balaban J connectivity index is 2.40. The summed E-state index contributed by atoms with van der Waals surface area (Å²) in [5.74, 6) is 0.455. The maximum atomic E-state index is 12.5. The molecular weight excluding hydrogens is 286 g/mol. The summed E-state index contributed by atoms with van der Waals surface area (Å²) < 4.78 is 30.3. The van der Waals surface area contributed by atoms with E-state index in [0.29, 0.717) is 22.8 Å². The van der Waals surface area contributed by atoms with Crippen LogP contribution in [0.15, 0.2) is 47.4 Å². The van der Waals surface area contributed by atoms with E-state index in [-0.39, 0.29) is 5.75 Å². The van der Waals surface area contributed by atoms with Crippen LogP contribution in [0.5, 0.6) is 5.75 Å². The van der Waals surface area contributed by atoms with Crippen molar-refractivity contribution in [2.75, 3.05) is 7.11 Å². The number of aryl methyl sites for hydroxylation is 1. The molecule has 112 valence electrons. The lowest BCUT2D eigenvalue weighted by Gasteiger charge is -2.11. The van der Waals surface area contributed by atoms with Crippen LogP contribution in [0.1, 0.15) is 16.7 Å². The summed E-state index contributed by atoms with van der Waals surface area (Å²) in [5, 5.41) is 0. The molecule has 0 unspecified atom stereocenters. The molecule has 4 nitrogen and oxygen atoms in total. The number of sulfone groups is 1. The molecule has 0 aliphatic heterocycles. The van der Waals surface area contributed by atoms with Gasteiger partial charge in [0.15, 0.2) is 9.84 Å². The number of ether oxygens (including phenoxy) is 1. The Kier molecular flexibility index (Phi) is 4.65. The van der Waals surface area contributed by atoms with E-state index < -0.39 is 9.84 Å². The smallest absolute Gasteiger partial charge is 0.182 e. The molecule has 0 aliphatic carbocycles. The van der Waals surface area contributed by atoms with Crippen LogP contribution in [0.4, 0.5) is 0 Å². The Bertz CT molecular complexity index is 739. The molecule has 0 spiro atoms. The molecule has 0 amide bonds. The first-order valence-electron chi connectivity index (χ1n) is 6.61. The Hall–Kier alpha value is -1.85. The van der Waals surface area contributed by atoms with Gasteiger partial charge in [-0.3, -0.25) is 0 Å². The molecule has 2 aromatic carbocycles. The van der Waals surface area contributed by atoms with Crippen LogP contribution in [-0.2, 0) is 22.1 Å². The molecule has 2 rings (SSSR count). The zero-order valence-electron chi connectivity index (χ0n) is 12.2. The monoisotopic (exact) mass is 305 g/mol. The van der Waals surface area contributed by atoms with Crippen LogP contribution in [0.3, 0.4) is 0 Å². The molecule has 5 heteroatoms. The maximum absolute atomic E-state index is 12.5. The highest BCUT2D eigenvalue weighted by Crippen LogP contribution is 2.25. The second kappa shape index (κ2) is 6.28. The number of benzene rings is 2. The Labute approximate surface area is 125 Å². The normalized spacial score (nSPS) is 11.4. The van der Waals surface area contributed by atoms with Crippen LogP contribution in [0.2, 0.25) is 0 Å². The Morgan fingerprint density at radius 2 is 1.90 bits per heavy atom. The minimum Gasteiger partial charge on any atom is -0.496 e. The van der Waals surface area contributed by atoms with Crippen LogP contribution < -0.4 is 10.5 Å². The predicted molar refractivity (Wildman–Crippen MR) is 83.0 cm³/mol. The summed E-state index contributed by atoms with van der Waals surface area (Å²) in [5.41, 5.74) is 8.04. The van der Waals surface area contributed by atoms with Gasteiger partial charge in [-0.1, -0.05) is 18.2 Å². The van der Waals surface area contributed by atoms with E-state index >= 15 is 0 Å². The molecule has 21 heavy (non-hydrogen) atoms. The van der Waals surface area contributed by atoms with Crippen molar-refractivity contribution in [1.82, 2.24) is 0 Å². The summed E-state index contributed by atoms with van der Waals surface area (Å²) in [6, 6.07) is 12.3. The first kappa shape index (κ1) is 15.5. The average molecular weight is 305 g/mol. The van der Waals surface area contributed by atoms with E-state index in [1.165, 1.54) is 7.11 Å². The lowest BCUT2D eigenvalue weighted by Crippen LogP contribution is -2.07. The fraction of sp³-hybridized carbons (Fsp3) is 0.250. The molecule has 2 N–H and O–H groups in total. The van der Waals surface area contributed by atoms with Crippen molar-refractivity contribution in [3.8, 4) is 5.75 Å². The zero-order valence-corrected chi connectivity index (χ0v) is 13.0. The molecule has 0 saturated heterocycles. The lowest BCUT2D eigenvalue weighted by atomic mass is 10.1. The lowest BCUT2D eigenvalue weighted by molar-refractivity contribution is 0.411. The van der Waals surface area contributed by atoms with Gasteiger partial charge in [-0.05, 0) is 42.3 Å². The third-order valence-corrected chi connectivity index (χ3v) is 4.94. The minimum absolute atomic E-state index is 0.104. The van der Waals surface area contributed by atoms with Crippen molar-refractivity contribution in [1.29, 1.82) is 0 Å². The van der Waals surface area contributed by atoms with E-state index in [2.05, 4.69) is 0 Å². The SMILES string of the molecule is COc1ccc(CN)cc1CS(=O)(=O)c1cccc(C)c1. The van der Waals surface area contributed by atoms with Gasteiger partial charge < -0.3 is 10.5 Å². The van der Waals surface area contributed by atoms with Crippen molar-refractivity contribution < 1.29 is 13.2 Å². The summed E-state index contributed by atoms with van der Waals surface area (Å²) in [6.07, 6.45) is 0. The van der Waals surface area contributed by atoms with E-state index in [0.717, 1.165) is 11.1 Å². The van der Waals surface area contributed by atoms with Gasteiger partial charge in [-0.25, -0.2) is 8.42 Å². The van der Waals surface area contributed by atoms with Crippen LogP contribution in [0.25, 0.3) is 0 Å². The van der Waals surface area contributed by atoms with Gasteiger partial charge in [-0.2, -0.15) is 0 Å². The largest absolute Gasteiger partial charge is 0.496 e. The number of hydrogen-bond donors (Lipinski definition) is 1. The molecule has 0 aromatic heterocycles. The summed E-state index contributed by atoms with van der Waals surface area (Å²) >= 11 is 0. The highest BCUT2D eigenvalue weighted by Gasteiger charge is 2.18. The van der Waals surface area contributed by atoms with Crippen molar-refractivity contribution in [3.63, 3.8) is 0 Å². The molecule has 0 aliphatic rings. The maximum Gasteiger partial charge on any atom is 0.182 e. The predicted octanol–water partition coefficient (Wildman–Crippen LogP) is 2.44. The summed E-state index contributed by atoms with van der Waals surface area (Å²) in [6.45, 7) is 2.23. The number of nitrogens with two attached hydrogens (primary N) is 1. The molecule has 0 heterocycles. The van der Waals surface area contributed by atoms with Crippen LogP contribution >= 0.6 is 0 Å². The molecule has 0 fully saturated rings. The van der Waals surface area contributed by atoms with Gasteiger partial charge >= 0.3 is 0 Å². The van der Waals surface area contributed by atoms with Crippen LogP contribution in [0, 0.1) is 6.92 Å². The fourth-order valence-corrected chi connectivity index (χ4v) is 3.62. The van der Waals surface area contributed by atoms with E-state index in [1.54, 1.807) is 30.3 Å². The first-order chi connectivity index (χ1) is 9.96. The topological polar surface area (TPSA) is 69.4 Å². The number of rotatable bonds is 5. The highest BCUT2D eigenvalue weighted by molar-refractivity contribution is 7.90. The third kappa shape index (κ3) is 3.62. The minimum atomic E-state index is -3.41. The van der Waals surface area contributed by atoms with Gasteiger partial charge in [0.25, 0.3) is 0 Å². The van der Waals surface area contributed by atoms with Crippen molar-refractivity contribution in [2.24, 2.45) is 5.73 Å². The summed E-state index contributed by atoms with van der Waals surface area (Å²) in [7, 11) is -1.89. The van der Waals surface area contributed by atoms with Crippen molar-refractivity contribution >= 4 is 9.84 Å². The molecule has 0 bridgehead atoms. The van der Waals surface area contributed by atoms with E-state index in [1.807, 2.05) is 19.1 Å². The van der Waals surface area contributed by atoms with Gasteiger partial charge in [0, 0.05) is 12.1 Å². The van der Waals surface area contributed by atoms with E-state index in [9.17, 15) is 8.42 Å². The highest BCUT2D eigenvalue weighted by atomic mass is 32.2. The Morgan fingerprint density at radius 3 is 2.52 bits per heavy atom. The van der Waals surface area contributed by atoms with Gasteiger partial charge in [0.05, 0.1) is 17.8 Å². The first-order valence-corrected chi connectivity index (χ1v) is 8.27. The van der Waals surface area contributed by atoms with Crippen molar-refractivity contribution in [2.45, 2.75) is 24.1 Å². The third-order valence-electron chi connectivity index (χ3n) is 3.27. The number of hydrogen-bond acceptors (Lipinski definition) is 4. The zero-order chi connectivity index (χ0) is 15.5. The molecule has 0 atom stereocenters. The summed E-state index contributed by atoms with van der Waals surface area (Å²) in [4.78, 5) is 0.322.